The van der Waals surface area contributed by atoms with Crippen LogP contribution in [0.25, 0.3) is 0 Å². The molecular formula is C17H28ClN3O4S. The Morgan fingerprint density at radius 2 is 2.00 bits per heavy atom. The molecule has 1 aliphatic rings. The molecule has 0 radical (unpaired) electrons. The average Bonchev–Trinajstić information content (AvgIpc) is 2.58. The first kappa shape index (κ1) is 22.7. The maximum atomic E-state index is 12.2. The molecule has 0 bridgehead atoms. The molecule has 2 rings (SSSR count). The van der Waals surface area contributed by atoms with Gasteiger partial charge in [-0.05, 0) is 57.5 Å². The van der Waals surface area contributed by atoms with E-state index in [9.17, 15) is 13.2 Å². The summed E-state index contributed by atoms with van der Waals surface area (Å²) in [5.74, 6) is 0.478. The predicted molar refractivity (Wildman–Crippen MR) is 103 cm³/mol. The molecule has 1 aliphatic heterocycles. The van der Waals surface area contributed by atoms with E-state index < -0.39 is 10.0 Å². The SMILES string of the molecule is CCOc1ccc(S(=O)(=O)NCCC(=O)NC2CCCNC2C)cc1.Cl. The van der Waals surface area contributed by atoms with Crippen LogP contribution < -0.4 is 20.1 Å². The summed E-state index contributed by atoms with van der Waals surface area (Å²) in [6, 6.07) is 6.54. The lowest BCUT2D eigenvalue weighted by Gasteiger charge is -2.30. The first-order valence-electron chi connectivity index (χ1n) is 8.67. The fraction of sp³-hybridized carbons (Fsp3) is 0.588. The Morgan fingerprint density at radius 3 is 2.62 bits per heavy atom. The summed E-state index contributed by atoms with van der Waals surface area (Å²) in [6.07, 6.45) is 2.08. The van der Waals surface area contributed by atoms with Gasteiger partial charge in [-0.15, -0.1) is 12.4 Å². The van der Waals surface area contributed by atoms with Crippen molar-refractivity contribution in [2.45, 2.75) is 50.1 Å². The fourth-order valence-electron chi connectivity index (χ4n) is 2.78. The Labute approximate surface area is 161 Å². The van der Waals surface area contributed by atoms with Crippen LogP contribution in [-0.4, -0.2) is 46.1 Å². The lowest BCUT2D eigenvalue weighted by molar-refractivity contribution is -0.122. The van der Waals surface area contributed by atoms with Gasteiger partial charge in [0.15, 0.2) is 0 Å². The fourth-order valence-corrected chi connectivity index (χ4v) is 3.82. The topological polar surface area (TPSA) is 96.5 Å². The minimum Gasteiger partial charge on any atom is -0.494 e. The van der Waals surface area contributed by atoms with Gasteiger partial charge in [0.25, 0.3) is 0 Å². The first-order valence-corrected chi connectivity index (χ1v) is 10.2. The lowest BCUT2D eigenvalue weighted by Crippen LogP contribution is -2.52. The number of hydrogen-bond donors (Lipinski definition) is 3. The van der Waals surface area contributed by atoms with Crippen molar-refractivity contribution < 1.29 is 17.9 Å². The molecule has 1 heterocycles. The van der Waals surface area contributed by atoms with E-state index in [4.69, 9.17) is 4.74 Å². The average molecular weight is 406 g/mol. The zero-order valence-electron chi connectivity index (χ0n) is 15.2. The molecule has 1 aromatic rings. The number of piperidine rings is 1. The molecule has 0 aliphatic carbocycles. The number of nitrogens with one attached hydrogen (secondary N) is 3. The maximum Gasteiger partial charge on any atom is 0.240 e. The van der Waals surface area contributed by atoms with Crippen molar-refractivity contribution >= 4 is 28.3 Å². The Hall–Kier alpha value is -1.35. The number of sulfonamides is 1. The van der Waals surface area contributed by atoms with E-state index in [0.717, 1.165) is 19.4 Å². The molecule has 7 nitrogen and oxygen atoms in total. The van der Waals surface area contributed by atoms with Crippen LogP contribution in [0.3, 0.4) is 0 Å². The highest BCUT2D eigenvalue weighted by molar-refractivity contribution is 7.89. The third kappa shape index (κ3) is 6.75. The molecule has 2 unspecified atom stereocenters. The van der Waals surface area contributed by atoms with Gasteiger partial charge in [-0.3, -0.25) is 4.79 Å². The molecule has 1 aromatic carbocycles. The van der Waals surface area contributed by atoms with Crippen LogP contribution >= 0.6 is 12.4 Å². The number of rotatable bonds is 8. The van der Waals surface area contributed by atoms with Crippen molar-refractivity contribution in [1.82, 2.24) is 15.4 Å². The zero-order chi connectivity index (χ0) is 18.3. The number of carbonyl (C=O) groups is 1. The van der Waals surface area contributed by atoms with Gasteiger partial charge in [-0.1, -0.05) is 0 Å². The standard InChI is InChI=1S/C17H27N3O4S.ClH/c1-3-24-14-6-8-15(9-7-14)25(22,23)19-12-10-17(21)20-16-5-4-11-18-13(16)2;/h6-9,13,16,18-19H,3-5,10-12H2,1-2H3,(H,20,21);1H. The Bertz CT molecular complexity index is 667. The number of carbonyl (C=O) groups excluding carboxylic acids is 1. The van der Waals surface area contributed by atoms with E-state index in [1.54, 1.807) is 12.1 Å². The van der Waals surface area contributed by atoms with Crippen molar-refractivity contribution in [2.24, 2.45) is 0 Å². The summed E-state index contributed by atoms with van der Waals surface area (Å²) in [6.45, 7) is 5.46. The van der Waals surface area contributed by atoms with Gasteiger partial charge < -0.3 is 15.4 Å². The van der Waals surface area contributed by atoms with E-state index in [1.807, 2.05) is 13.8 Å². The molecule has 2 atom stereocenters. The van der Waals surface area contributed by atoms with E-state index in [1.165, 1.54) is 12.1 Å². The first-order chi connectivity index (χ1) is 11.9. The molecule has 1 fully saturated rings. The third-order valence-corrected chi connectivity index (χ3v) is 5.67. The minimum absolute atomic E-state index is 0. The number of halogens is 1. The van der Waals surface area contributed by atoms with Gasteiger partial charge in [0.2, 0.25) is 15.9 Å². The molecule has 0 spiro atoms. The van der Waals surface area contributed by atoms with Crippen LogP contribution in [0.1, 0.15) is 33.1 Å². The van der Waals surface area contributed by atoms with E-state index in [0.29, 0.717) is 12.4 Å². The monoisotopic (exact) mass is 405 g/mol. The van der Waals surface area contributed by atoms with Crippen LogP contribution in [0.5, 0.6) is 5.75 Å². The molecule has 3 N–H and O–H groups in total. The Balaban J connectivity index is 0.00000338. The van der Waals surface area contributed by atoms with Crippen molar-refractivity contribution in [1.29, 1.82) is 0 Å². The van der Waals surface area contributed by atoms with Gasteiger partial charge in [-0.25, -0.2) is 13.1 Å². The van der Waals surface area contributed by atoms with Crippen LogP contribution in [0.4, 0.5) is 0 Å². The van der Waals surface area contributed by atoms with Crippen molar-refractivity contribution in [3.8, 4) is 5.75 Å². The smallest absolute Gasteiger partial charge is 0.240 e. The second-order valence-corrected chi connectivity index (χ2v) is 7.88. The van der Waals surface area contributed by atoms with Crippen LogP contribution in [-0.2, 0) is 14.8 Å². The summed E-state index contributed by atoms with van der Waals surface area (Å²) in [5.41, 5.74) is 0. The molecular weight excluding hydrogens is 378 g/mol. The highest BCUT2D eigenvalue weighted by atomic mass is 35.5. The molecule has 0 aromatic heterocycles. The second-order valence-electron chi connectivity index (χ2n) is 6.11. The number of hydrogen-bond acceptors (Lipinski definition) is 5. The normalized spacial score (nSPS) is 20.1. The Kier molecular flexibility index (Phi) is 9.35. The van der Waals surface area contributed by atoms with E-state index in [2.05, 4.69) is 15.4 Å². The lowest BCUT2D eigenvalue weighted by atomic mass is 10.00. The number of benzene rings is 1. The van der Waals surface area contributed by atoms with Crippen LogP contribution in [0, 0.1) is 0 Å². The predicted octanol–water partition coefficient (Wildman–Crippen LogP) is 1.43. The van der Waals surface area contributed by atoms with Crippen molar-refractivity contribution in [2.75, 3.05) is 19.7 Å². The molecule has 0 saturated carbocycles. The second kappa shape index (κ2) is 10.7. The summed E-state index contributed by atoms with van der Waals surface area (Å²) in [4.78, 5) is 12.2. The van der Waals surface area contributed by atoms with Gasteiger partial charge >= 0.3 is 0 Å². The van der Waals surface area contributed by atoms with Gasteiger partial charge in [-0.2, -0.15) is 0 Å². The van der Waals surface area contributed by atoms with Gasteiger partial charge in [0, 0.05) is 25.0 Å². The zero-order valence-corrected chi connectivity index (χ0v) is 16.8. The summed E-state index contributed by atoms with van der Waals surface area (Å²) < 4.78 is 32.2. The molecule has 9 heteroatoms. The molecule has 1 amide bonds. The largest absolute Gasteiger partial charge is 0.494 e. The Morgan fingerprint density at radius 1 is 1.31 bits per heavy atom. The van der Waals surface area contributed by atoms with Crippen LogP contribution in [0.15, 0.2) is 29.2 Å². The molecule has 148 valence electrons. The highest BCUT2D eigenvalue weighted by Crippen LogP contribution is 2.15. The number of amides is 1. The maximum absolute atomic E-state index is 12.2. The number of ether oxygens (including phenoxy) is 1. The van der Waals surface area contributed by atoms with Crippen molar-refractivity contribution in [3.05, 3.63) is 24.3 Å². The minimum atomic E-state index is -3.63. The van der Waals surface area contributed by atoms with Gasteiger partial charge in [0.1, 0.15) is 5.75 Å². The van der Waals surface area contributed by atoms with Gasteiger partial charge in [0.05, 0.1) is 11.5 Å². The summed E-state index contributed by atoms with van der Waals surface area (Å²) in [7, 11) is -3.63. The quantitative estimate of drug-likeness (QED) is 0.608. The van der Waals surface area contributed by atoms with E-state index >= 15 is 0 Å². The van der Waals surface area contributed by atoms with E-state index in [-0.39, 0.29) is 48.3 Å². The van der Waals surface area contributed by atoms with Crippen LogP contribution in [0.2, 0.25) is 0 Å². The van der Waals surface area contributed by atoms with Crippen molar-refractivity contribution in [3.63, 3.8) is 0 Å². The summed E-state index contributed by atoms with van der Waals surface area (Å²) >= 11 is 0. The third-order valence-electron chi connectivity index (χ3n) is 4.20. The molecule has 26 heavy (non-hydrogen) atoms. The highest BCUT2D eigenvalue weighted by Gasteiger charge is 2.22. The molecule has 1 saturated heterocycles. The summed E-state index contributed by atoms with van der Waals surface area (Å²) in [5, 5.41) is 6.28.